The van der Waals surface area contributed by atoms with Gasteiger partial charge in [-0.15, -0.1) is 0 Å². The Morgan fingerprint density at radius 3 is 2.41 bits per heavy atom. The zero-order chi connectivity index (χ0) is 21.3. The summed E-state index contributed by atoms with van der Waals surface area (Å²) in [5.41, 5.74) is 1.63. The predicted molar refractivity (Wildman–Crippen MR) is 118 cm³/mol. The summed E-state index contributed by atoms with van der Waals surface area (Å²) in [5, 5.41) is 3.43. The molecule has 29 heavy (non-hydrogen) atoms. The van der Waals surface area contributed by atoms with Gasteiger partial charge in [-0.25, -0.2) is 21.6 Å². The Balaban J connectivity index is 1.51. The number of benzene rings is 1. The molecule has 1 heterocycles. The number of sulfonamides is 2. The fourth-order valence-corrected chi connectivity index (χ4v) is 6.43. The maximum atomic E-state index is 12.3. The van der Waals surface area contributed by atoms with E-state index in [-0.39, 0.29) is 11.8 Å². The van der Waals surface area contributed by atoms with E-state index >= 15 is 0 Å². The Hall–Kier alpha value is -1.32. The highest BCUT2D eigenvalue weighted by atomic mass is 32.2. The van der Waals surface area contributed by atoms with Crippen LogP contribution < -0.4 is 14.3 Å². The number of hydrogen-bond donors (Lipinski definition) is 2. The first-order valence-corrected chi connectivity index (χ1v) is 13.4. The van der Waals surface area contributed by atoms with Gasteiger partial charge in [0.2, 0.25) is 20.0 Å². The summed E-state index contributed by atoms with van der Waals surface area (Å²) in [6.07, 6.45) is 4.28. The van der Waals surface area contributed by atoms with E-state index in [2.05, 4.69) is 10.0 Å². The maximum absolute atomic E-state index is 12.3. The van der Waals surface area contributed by atoms with Crippen molar-refractivity contribution in [1.82, 2.24) is 4.72 Å². The average Bonchev–Trinajstić information content (AvgIpc) is 2.99. The van der Waals surface area contributed by atoms with Crippen LogP contribution in [-0.2, 0) is 20.0 Å². The minimum Gasteiger partial charge on any atom is -0.385 e. The summed E-state index contributed by atoms with van der Waals surface area (Å²) < 4.78 is 52.5. The molecule has 7 nitrogen and oxygen atoms in total. The molecule has 2 fully saturated rings. The molecule has 0 unspecified atom stereocenters. The molecule has 1 aromatic rings. The number of hydrogen-bond acceptors (Lipinski definition) is 5. The first kappa shape index (κ1) is 22.4. The summed E-state index contributed by atoms with van der Waals surface area (Å²) in [6.45, 7) is 6.49. The van der Waals surface area contributed by atoms with Crippen LogP contribution in [0.5, 0.6) is 0 Å². The van der Waals surface area contributed by atoms with Crippen LogP contribution in [0.1, 0.15) is 52.9 Å². The van der Waals surface area contributed by atoms with E-state index in [0.29, 0.717) is 24.6 Å². The van der Waals surface area contributed by atoms with E-state index in [1.165, 1.54) is 4.31 Å². The largest absolute Gasteiger partial charge is 0.385 e. The molecule has 3 rings (SSSR count). The highest BCUT2D eigenvalue weighted by Crippen LogP contribution is 2.29. The Labute approximate surface area is 175 Å². The van der Waals surface area contributed by atoms with E-state index in [1.807, 2.05) is 24.3 Å². The lowest BCUT2D eigenvalue weighted by atomic mass is 9.86. The van der Waals surface area contributed by atoms with Gasteiger partial charge < -0.3 is 5.32 Å². The zero-order valence-electron chi connectivity index (χ0n) is 17.5. The molecule has 0 spiro atoms. The van der Waals surface area contributed by atoms with Gasteiger partial charge in [0, 0.05) is 24.8 Å². The minimum absolute atomic E-state index is 0.0131. The first-order valence-electron chi connectivity index (χ1n) is 10.3. The topological polar surface area (TPSA) is 95.6 Å². The minimum atomic E-state index is -3.31. The van der Waals surface area contributed by atoms with E-state index in [0.717, 1.165) is 37.9 Å². The number of nitrogens with zero attached hydrogens (tertiary/aromatic N) is 1. The van der Waals surface area contributed by atoms with Gasteiger partial charge in [0.05, 0.1) is 16.2 Å². The van der Waals surface area contributed by atoms with Crippen molar-refractivity contribution in [3.63, 3.8) is 0 Å². The van der Waals surface area contributed by atoms with Crippen molar-refractivity contribution < 1.29 is 16.8 Å². The van der Waals surface area contributed by atoms with Gasteiger partial charge >= 0.3 is 0 Å². The Bertz CT molecular complexity index is 915. The summed E-state index contributed by atoms with van der Waals surface area (Å²) in [6, 6.07) is 7.57. The van der Waals surface area contributed by atoms with Crippen LogP contribution in [0.2, 0.25) is 0 Å². The second kappa shape index (κ2) is 8.43. The van der Waals surface area contributed by atoms with Crippen LogP contribution in [0, 0.1) is 5.92 Å². The molecule has 1 aliphatic heterocycles. The molecular weight excluding hydrogens is 410 g/mol. The molecular formula is C20H33N3O4S2. The lowest BCUT2D eigenvalue weighted by Crippen LogP contribution is -2.46. The van der Waals surface area contributed by atoms with Crippen LogP contribution in [0.3, 0.4) is 0 Å². The van der Waals surface area contributed by atoms with Gasteiger partial charge in [0.25, 0.3) is 0 Å². The van der Waals surface area contributed by atoms with Crippen molar-refractivity contribution in [2.45, 2.75) is 63.7 Å². The molecule has 0 radical (unpaired) electrons. The van der Waals surface area contributed by atoms with Crippen LogP contribution in [0.4, 0.5) is 11.4 Å². The quantitative estimate of drug-likeness (QED) is 0.705. The van der Waals surface area contributed by atoms with Crippen LogP contribution in [0.15, 0.2) is 24.3 Å². The van der Waals surface area contributed by atoms with E-state index in [1.54, 1.807) is 20.8 Å². The third-order valence-electron chi connectivity index (χ3n) is 5.80. The summed E-state index contributed by atoms with van der Waals surface area (Å²) in [5.74, 6) is 0.692. The SMILES string of the molecule is CC(C)(C)S(=O)(=O)N[C@H]1CC[C@H](CNc2cccc(N3CCCS3(=O)=O)c2)CC1. The van der Waals surface area contributed by atoms with Crippen molar-refractivity contribution in [3.05, 3.63) is 24.3 Å². The van der Waals surface area contributed by atoms with E-state index in [4.69, 9.17) is 0 Å². The molecule has 0 aromatic heterocycles. The van der Waals surface area contributed by atoms with E-state index < -0.39 is 24.8 Å². The number of nitrogens with one attached hydrogen (secondary N) is 2. The molecule has 164 valence electrons. The molecule has 1 saturated heterocycles. The van der Waals surface area contributed by atoms with E-state index in [9.17, 15) is 16.8 Å². The zero-order valence-corrected chi connectivity index (χ0v) is 19.2. The molecule has 0 atom stereocenters. The fraction of sp³-hybridized carbons (Fsp3) is 0.700. The maximum Gasteiger partial charge on any atom is 0.235 e. The molecule has 0 bridgehead atoms. The third-order valence-corrected chi connectivity index (χ3v) is 9.93. The monoisotopic (exact) mass is 443 g/mol. The van der Waals surface area contributed by atoms with Crippen molar-refractivity contribution >= 4 is 31.4 Å². The standard InChI is InChI=1S/C20H33N3O4S2/c1-20(2,3)29(26,27)22-17-10-8-16(9-11-17)15-21-18-6-4-7-19(14-18)23-12-5-13-28(23,24)25/h4,6-7,14,16-17,21-22H,5,8-13,15H2,1-3H3/t16-,17-. The molecule has 9 heteroatoms. The number of anilines is 2. The highest BCUT2D eigenvalue weighted by Gasteiger charge is 2.33. The van der Waals surface area contributed by atoms with Crippen molar-refractivity contribution in [1.29, 1.82) is 0 Å². The molecule has 1 saturated carbocycles. The molecule has 0 amide bonds. The Morgan fingerprint density at radius 2 is 1.83 bits per heavy atom. The second-order valence-electron chi connectivity index (χ2n) is 9.12. The van der Waals surface area contributed by atoms with Crippen LogP contribution in [-0.4, -0.2) is 46.5 Å². The van der Waals surface area contributed by atoms with Gasteiger partial charge in [-0.1, -0.05) is 6.07 Å². The van der Waals surface area contributed by atoms with Gasteiger partial charge in [0.15, 0.2) is 0 Å². The van der Waals surface area contributed by atoms with Gasteiger partial charge in [-0.3, -0.25) is 4.31 Å². The van der Waals surface area contributed by atoms with Gasteiger partial charge in [0.1, 0.15) is 0 Å². The Morgan fingerprint density at radius 1 is 1.14 bits per heavy atom. The molecule has 2 N–H and O–H groups in total. The lowest BCUT2D eigenvalue weighted by Gasteiger charge is -2.31. The van der Waals surface area contributed by atoms with Crippen LogP contribution >= 0.6 is 0 Å². The second-order valence-corrected chi connectivity index (χ2v) is 13.6. The first-order chi connectivity index (χ1) is 13.5. The fourth-order valence-electron chi connectivity index (χ4n) is 3.84. The summed E-state index contributed by atoms with van der Waals surface area (Å²) in [7, 11) is -6.49. The van der Waals surface area contributed by atoms with Gasteiger partial charge in [-0.2, -0.15) is 0 Å². The third kappa shape index (κ3) is 5.44. The molecule has 1 aromatic carbocycles. The predicted octanol–water partition coefficient (Wildman–Crippen LogP) is 2.92. The summed E-state index contributed by atoms with van der Waals surface area (Å²) in [4.78, 5) is 0. The summed E-state index contributed by atoms with van der Waals surface area (Å²) >= 11 is 0. The smallest absolute Gasteiger partial charge is 0.235 e. The lowest BCUT2D eigenvalue weighted by molar-refractivity contribution is 0.322. The van der Waals surface area contributed by atoms with Crippen molar-refractivity contribution in [2.24, 2.45) is 5.92 Å². The average molecular weight is 444 g/mol. The van der Waals surface area contributed by atoms with Crippen molar-refractivity contribution in [2.75, 3.05) is 28.5 Å². The van der Waals surface area contributed by atoms with Gasteiger partial charge in [-0.05, 0) is 77.0 Å². The number of rotatable bonds is 6. The van der Waals surface area contributed by atoms with Crippen molar-refractivity contribution in [3.8, 4) is 0 Å². The molecule has 1 aliphatic carbocycles. The van der Waals surface area contributed by atoms with Crippen LogP contribution in [0.25, 0.3) is 0 Å². The Kier molecular flexibility index (Phi) is 6.50. The normalized spacial score (nSPS) is 25.1. The highest BCUT2D eigenvalue weighted by molar-refractivity contribution is 7.93. The molecule has 2 aliphatic rings.